The quantitative estimate of drug-likeness (QED) is 0.562. The number of benzene rings is 2. The molecule has 1 unspecified atom stereocenters. The van der Waals surface area contributed by atoms with Crippen LogP contribution in [0, 0.1) is 0 Å². The maximum atomic E-state index is 5.67. The molecular weight excluding hydrogens is 352 g/mol. The number of thiophene rings is 1. The van der Waals surface area contributed by atoms with Crippen molar-refractivity contribution in [3.63, 3.8) is 0 Å². The van der Waals surface area contributed by atoms with Crippen LogP contribution in [-0.4, -0.2) is 28.7 Å². The van der Waals surface area contributed by atoms with Crippen molar-refractivity contribution in [2.75, 3.05) is 19.3 Å². The lowest BCUT2D eigenvalue weighted by atomic mass is 9.83. The Morgan fingerprint density at radius 2 is 1.96 bits per heavy atom. The first-order valence-electron chi connectivity index (χ1n) is 9.05. The van der Waals surface area contributed by atoms with Crippen molar-refractivity contribution in [1.29, 1.82) is 0 Å². The molecule has 1 aliphatic rings. The topological polar surface area (TPSA) is 55.0 Å². The lowest BCUT2D eigenvalue weighted by Gasteiger charge is -2.33. The number of hydrogen-bond acceptors (Lipinski definition) is 5. The highest BCUT2D eigenvalue weighted by Gasteiger charge is 2.25. The number of nitrogens with zero attached hydrogens (tertiary/aromatic N) is 3. The third-order valence-corrected chi connectivity index (χ3v) is 6.20. The molecule has 2 N–H and O–H groups in total. The van der Waals surface area contributed by atoms with Gasteiger partial charge >= 0.3 is 0 Å². The van der Waals surface area contributed by atoms with E-state index in [4.69, 9.17) is 5.73 Å². The van der Waals surface area contributed by atoms with E-state index in [2.05, 4.69) is 70.0 Å². The minimum absolute atomic E-state index is 0.386. The Hall–Kier alpha value is -2.76. The third-order valence-electron chi connectivity index (χ3n) is 5.32. The first-order chi connectivity index (χ1) is 13.2. The summed E-state index contributed by atoms with van der Waals surface area (Å²) in [7, 11) is 2.19. The molecule has 0 spiro atoms. The molecule has 4 nitrogen and oxygen atoms in total. The summed E-state index contributed by atoms with van der Waals surface area (Å²) in [5.74, 6) is 0.831. The second-order valence-corrected chi connectivity index (χ2v) is 8.17. The van der Waals surface area contributed by atoms with Gasteiger partial charge in [-0.25, -0.2) is 0 Å². The van der Waals surface area contributed by atoms with Gasteiger partial charge in [-0.2, -0.15) is 0 Å². The first-order valence-corrected chi connectivity index (χ1v) is 9.93. The summed E-state index contributed by atoms with van der Waals surface area (Å²) in [6, 6.07) is 19.5. The zero-order valence-electron chi connectivity index (χ0n) is 15.1. The lowest BCUT2D eigenvalue weighted by Crippen LogP contribution is -2.31. The van der Waals surface area contributed by atoms with Crippen molar-refractivity contribution in [2.24, 2.45) is 0 Å². The zero-order chi connectivity index (χ0) is 18.4. The standard InChI is InChI=1S/C22H20N4S/c1-26-12-17-10-16(20-6-7-22(23)25-24-20)4-5-18(17)19(13-26)15-3-2-14-8-9-27-21(14)11-15/h2-11,19H,12-13H2,1H3,(H2,23,25). The molecule has 0 aliphatic carbocycles. The van der Waals surface area contributed by atoms with Gasteiger partial charge in [0.1, 0.15) is 5.82 Å². The van der Waals surface area contributed by atoms with E-state index in [1.807, 2.05) is 17.4 Å². The van der Waals surface area contributed by atoms with Crippen LogP contribution in [0.25, 0.3) is 21.3 Å². The van der Waals surface area contributed by atoms with Crippen molar-refractivity contribution >= 4 is 27.2 Å². The molecule has 0 bridgehead atoms. The van der Waals surface area contributed by atoms with Gasteiger partial charge in [0.2, 0.25) is 0 Å². The molecule has 3 heterocycles. The average molecular weight is 372 g/mol. The van der Waals surface area contributed by atoms with Gasteiger partial charge in [0.25, 0.3) is 0 Å². The number of nitrogens with two attached hydrogens (primary N) is 1. The number of rotatable bonds is 2. The molecule has 5 heteroatoms. The Kier molecular flexibility index (Phi) is 3.92. The third kappa shape index (κ3) is 2.99. The molecule has 0 saturated heterocycles. The Morgan fingerprint density at radius 1 is 1.04 bits per heavy atom. The molecule has 5 rings (SSSR count). The van der Waals surface area contributed by atoms with Gasteiger partial charge in [-0.1, -0.05) is 24.3 Å². The molecule has 2 aromatic carbocycles. The van der Waals surface area contributed by atoms with E-state index in [1.165, 1.54) is 26.8 Å². The van der Waals surface area contributed by atoms with Crippen LogP contribution in [0.15, 0.2) is 60.0 Å². The number of fused-ring (bicyclic) bond motifs is 2. The van der Waals surface area contributed by atoms with Gasteiger partial charge in [-0.15, -0.1) is 21.5 Å². The largest absolute Gasteiger partial charge is 0.382 e. The molecular formula is C22H20N4S. The van der Waals surface area contributed by atoms with E-state index >= 15 is 0 Å². The van der Waals surface area contributed by atoms with Crippen LogP contribution >= 0.6 is 11.3 Å². The highest BCUT2D eigenvalue weighted by Crippen LogP contribution is 2.36. The van der Waals surface area contributed by atoms with E-state index in [0.29, 0.717) is 11.7 Å². The van der Waals surface area contributed by atoms with Crippen molar-refractivity contribution in [3.8, 4) is 11.3 Å². The molecule has 1 aliphatic heterocycles. The van der Waals surface area contributed by atoms with Crippen molar-refractivity contribution in [1.82, 2.24) is 15.1 Å². The highest BCUT2D eigenvalue weighted by molar-refractivity contribution is 7.17. The Bertz CT molecular complexity index is 1120. The van der Waals surface area contributed by atoms with Crippen LogP contribution in [-0.2, 0) is 6.54 Å². The van der Waals surface area contributed by atoms with Gasteiger partial charge in [-0.3, -0.25) is 0 Å². The fourth-order valence-corrected chi connectivity index (χ4v) is 4.81. The second-order valence-electron chi connectivity index (χ2n) is 7.22. The lowest BCUT2D eigenvalue weighted by molar-refractivity contribution is 0.295. The van der Waals surface area contributed by atoms with Crippen molar-refractivity contribution in [2.45, 2.75) is 12.5 Å². The zero-order valence-corrected chi connectivity index (χ0v) is 15.9. The predicted molar refractivity (Wildman–Crippen MR) is 112 cm³/mol. The van der Waals surface area contributed by atoms with Crippen LogP contribution in [0.5, 0.6) is 0 Å². The Morgan fingerprint density at radius 3 is 2.81 bits per heavy atom. The summed E-state index contributed by atoms with van der Waals surface area (Å²) < 4.78 is 1.36. The summed E-state index contributed by atoms with van der Waals surface area (Å²) in [5.41, 5.74) is 11.8. The van der Waals surface area contributed by atoms with Crippen LogP contribution < -0.4 is 5.73 Å². The Labute approximate surface area is 162 Å². The van der Waals surface area contributed by atoms with Gasteiger partial charge < -0.3 is 10.6 Å². The van der Waals surface area contributed by atoms with Gasteiger partial charge in [0, 0.05) is 29.3 Å². The smallest absolute Gasteiger partial charge is 0.146 e. The van der Waals surface area contributed by atoms with E-state index in [9.17, 15) is 0 Å². The molecule has 4 aromatic rings. The molecule has 0 amide bonds. The molecule has 0 radical (unpaired) electrons. The summed E-state index contributed by atoms with van der Waals surface area (Å²) in [6.45, 7) is 1.98. The van der Waals surface area contributed by atoms with Crippen molar-refractivity contribution in [3.05, 3.63) is 76.7 Å². The maximum Gasteiger partial charge on any atom is 0.146 e. The van der Waals surface area contributed by atoms with Crippen molar-refractivity contribution < 1.29 is 0 Å². The summed E-state index contributed by atoms with van der Waals surface area (Å²) >= 11 is 1.81. The summed E-state index contributed by atoms with van der Waals surface area (Å²) in [4.78, 5) is 2.39. The van der Waals surface area contributed by atoms with Gasteiger partial charge in [0.15, 0.2) is 0 Å². The average Bonchev–Trinajstić information content (AvgIpc) is 3.15. The van der Waals surface area contributed by atoms with E-state index < -0.39 is 0 Å². The molecule has 27 heavy (non-hydrogen) atoms. The molecule has 0 fully saturated rings. The monoisotopic (exact) mass is 372 g/mol. The summed E-state index contributed by atoms with van der Waals surface area (Å²) in [5, 5.41) is 11.7. The second kappa shape index (κ2) is 6.44. The van der Waals surface area contributed by atoms with Gasteiger partial charge in [0.05, 0.1) is 5.69 Å². The van der Waals surface area contributed by atoms with Crippen LogP contribution in [0.2, 0.25) is 0 Å². The molecule has 2 aromatic heterocycles. The number of anilines is 1. The predicted octanol–water partition coefficient (Wildman–Crippen LogP) is 4.52. The van der Waals surface area contributed by atoms with Gasteiger partial charge in [-0.05, 0) is 64.8 Å². The fourth-order valence-electron chi connectivity index (χ4n) is 3.98. The number of aromatic nitrogens is 2. The molecule has 1 atom stereocenters. The maximum absolute atomic E-state index is 5.67. The minimum Gasteiger partial charge on any atom is -0.382 e. The van der Waals surface area contributed by atoms with Crippen LogP contribution in [0.3, 0.4) is 0 Å². The van der Waals surface area contributed by atoms with E-state index in [1.54, 1.807) is 6.07 Å². The fraction of sp³-hybridized carbons (Fsp3) is 0.182. The summed E-state index contributed by atoms with van der Waals surface area (Å²) in [6.07, 6.45) is 0. The first kappa shape index (κ1) is 16.4. The normalized spacial score (nSPS) is 17.1. The number of nitrogen functional groups attached to an aromatic ring is 1. The van der Waals surface area contributed by atoms with E-state index in [-0.39, 0.29) is 0 Å². The van der Waals surface area contributed by atoms with E-state index in [0.717, 1.165) is 24.3 Å². The molecule has 0 saturated carbocycles. The molecule has 134 valence electrons. The highest BCUT2D eigenvalue weighted by atomic mass is 32.1. The number of likely N-dealkylation sites (N-methyl/N-ethyl adjacent to an activating group) is 1. The minimum atomic E-state index is 0.386. The number of hydrogen-bond donors (Lipinski definition) is 1. The van der Waals surface area contributed by atoms with Crippen LogP contribution in [0.1, 0.15) is 22.6 Å². The van der Waals surface area contributed by atoms with Crippen LogP contribution in [0.4, 0.5) is 5.82 Å². The SMILES string of the molecule is CN1Cc2cc(-c3ccc(N)nn3)ccc2C(c2ccc3ccsc3c2)C1. The Balaban J connectivity index is 1.57.